The van der Waals surface area contributed by atoms with Gasteiger partial charge in [-0.1, -0.05) is 0 Å². The Labute approximate surface area is 194 Å². The van der Waals surface area contributed by atoms with Crippen LogP contribution in [0.25, 0.3) is 11.3 Å². The molecule has 1 atom stereocenters. The van der Waals surface area contributed by atoms with Gasteiger partial charge in [0.25, 0.3) is 0 Å². The van der Waals surface area contributed by atoms with Crippen molar-refractivity contribution in [1.29, 1.82) is 0 Å². The molecule has 0 aliphatic carbocycles. The molecule has 0 radical (unpaired) electrons. The summed E-state index contributed by atoms with van der Waals surface area (Å²) in [5, 5.41) is 6.30. The van der Waals surface area contributed by atoms with Gasteiger partial charge in [0.05, 0.1) is 0 Å². The monoisotopic (exact) mass is 547 g/mol. The zero-order valence-corrected chi connectivity index (χ0v) is 19.6. The molecule has 7 nitrogen and oxygen atoms in total. The van der Waals surface area contributed by atoms with Crippen molar-refractivity contribution < 1.29 is 39.9 Å². The van der Waals surface area contributed by atoms with E-state index in [0.29, 0.717) is 41.5 Å². The number of fused-ring (bicyclic) bond motifs is 3. The third-order valence-electron chi connectivity index (χ3n) is 5.35. The number of carbonyl (C=O) groups excluding carboxylic acids is 1. The summed E-state index contributed by atoms with van der Waals surface area (Å²) < 4.78 is 28.1. The van der Waals surface area contributed by atoms with Gasteiger partial charge in [-0.25, -0.2) is 0 Å². The maximum absolute atomic E-state index is 14.4. The predicted octanol–water partition coefficient (Wildman–Crippen LogP) is 1.14. The molecule has 0 saturated carbocycles. The Morgan fingerprint density at radius 1 is 1.34 bits per heavy atom. The number of nitrogens with one attached hydrogen (secondary N) is 3. The number of hydrogen-bond donors (Lipinski definition) is 3. The average molecular weight is 547 g/mol. The molecule has 1 amide bonds. The number of anilines is 2. The van der Waals surface area contributed by atoms with Crippen molar-refractivity contribution in [3.8, 4) is 22.8 Å². The van der Waals surface area contributed by atoms with E-state index in [1.807, 2.05) is 6.07 Å². The number of aromatic nitrogens is 2. The molecule has 3 aromatic rings. The number of halogens is 2. The SMILES string of the molecule is COc1c(F)cccc1Nc1c2[nH]c3c1C(=O)NC[C@H]3[I-]/C=C(\C)COc1cnccc1-2. The van der Waals surface area contributed by atoms with E-state index in [0.717, 1.165) is 16.8 Å². The van der Waals surface area contributed by atoms with Crippen LogP contribution >= 0.6 is 0 Å². The first-order valence-corrected chi connectivity index (χ1v) is 12.5. The number of nitrogens with zero attached hydrogens (tertiary/aromatic N) is 1. The second-order valence-electron chi connectivity index (χ2n) is 7.53. The van der Waals surface area contributed by atoms with Crippen molar-refractivity contribution in [1.82, 2.24) is 15.3 Å². The molecule has 2 bridgehead atoms. The van der Waals surface area contributed by atoms with Crippen LogP contribution in [0.5, 0.6) is 11.5 Å². The number of methoxy groups -OCH3 is 1. The van der Waals surface area contributed by atoms with Crippen molar-refractivity contribution in [2.75, 3.05) is 25.6 Å². The Hall–Kier alpha value is -3.08. The number of benzene rings is 1. The van der Waals surface area contributed by atoms with Gasteiger partial charge in [-0.05, 0) is 0 Å². The summed E-state index contributed by atoms with van der Waals surface area (Å²) >= 11 is -0.398. The standard InChI is InChI=1S/C23H21FIN4O3/c1-12-8-25-15-9-27-23(30)18-20(15)29-19(13-6-7-26-10-17(13)32-11-12)21(18)28-16-5-3-4-14(24)22(16)31-2/h3-8,10,15,28-29H,9,11H2,1-2H3,(H,27,30)/q-1/b12-8+/t15-/m1/s1. The molecule has 166 valence electrons. The van der Waals surface area contributed by atoms with E-state index in [9.17, 15) is 9.18 Å². The van der Waals surface area contributed by atoms with Gasteiger partial charge in [0, 0.05) is 0 Å². The van der Waals surface area contributed by atoms with E-state index in [-0.39, 0.29) is 15.6 Å². The molecule has 5 rings (SSSR count). The Morgan fingerprint density at radius 2 is 2.22 bits per heavy atom. The number of alkyl halides is 1. The molecule has 0 unspecified atom stereocenters. The number of amides is 1. The van der Waals surface area contributed by atoms with Crippen molar-refractivity contribution in [2.24, 2.45) is 0 Å². The topological polar surface area (TPSA) is 88.3 Å². The molecule has 0 fully saturated rings. The molecule has 4 heterocycles. The van der Waals surface area contributed by atoms with Crippen LogP contribution in [0.3, 0.4) is 0 Å². The first-order chi connectivity index (χ1) is 15.6. The minimum atomic E-state index is -0.486. The van der Waals surface area contributed by atoms with E-state index in [4.69, 9.17) is 9.47 Å². The van der Waals surface area contributed by atoms with Crippen molar-refractivity contribution in [3.05, 3.63) is 63.4 Å². The maximum atomic E-state index is 14.4. The number of hydrogen-bond acceptors (Lipinski definition) is 5. The molecule has 0 saturated heterocycles. The minimum absolute atomic E-state index is 0.0828. The molecule has 0 spiro atoms. The molecule has 2 aliphatic rings. The zero-order valence-electron chi connectivity index (χ0n) is 17.5. The van der Waals surface area contributed by atoms with E-state index < -0.39 is 27.0 Å². The Morgan fingerprint density at radius 3 is 3.06 bits per heavy atom. The van der Waals surface area contributed by atoms with Gasteiger partial charge in [0.2, 0.25) is 0 Å². The van der Waals surface area contributed by atoms with Crippen LogP contribution in [-0.2, 0) is 0 Å². The van der Waals surface area contributed by atoms with E-state index in [2.05, 4.69) is 31.6 Å². The summed E-state index contributed by atoms with van der Waals surface area (Å²) in [4.78, 5) is 20.7. The Kier molecular flexibility index (Phi) is 5.50. The average Bonchev–Trinajstić information content (AvgIpc) is 3.16. The molecular weight excluding hydrogens is 526 g/mol. The van der Waals surface area contributed by atoms with Crippen molar-refractivity contribution >= 4 is 17.3 Å². The molecule has 3 N–H and O–H groups in total. The Balaban J connectivity index is 1.75. The van der Waals surface area contributed by atoms with Gasteiger partial charge in [-0.15, -0.1) is 0 Å². The first-order valence-electron chi connectivity index (χ1n) is 10.0. The summed E-state index contributed by atoms with van der Waals surface area (Å²) in [5.74, 6) is 0.0270. The number of carbonyl (C=O) groups is 1. The molecule has 2 aliphatic heterocycles. The number of aromatic amines is 1. The summed E-state index contributed by atoms with van der Waals surface area (Å²) in [5.41, 5.74) is 5.05. The number of H-pyrrole nitrogens is 1. The van der Waals surface area contributed by atoms with Crippen LogP contribution in [-0.4, -0.2) is 36.1 Å². The van der Waals surface area contributed by atoms with Gasteiger partial charge in [0.1, 0.15) is 0 Å². The fourth-order valence-electron chi connectivity index (χ4n) is 3.85. The van der Waals surface area contributed by atoms with Gasteiger partial charge >= 0.3 is 195 Å². The number of pyridine rings is 1. The fraction of sp³-hybridized carbons (Fsp3) is 0.217. The summed E-state index contributed by atoms with van der Waals surface area (Å²) in [6, 6.07) is 6.50. The number of para-hydroxylation sites is 1. The number of ether oxygens (including phenoxy) is 2. The molecule has 32 heavy (non-hydrogen) atoms. The van der Waals surface area contributed by atoms with Gasteiger partial charge in [0.15, 0.2) is 0 Å². The molecular formula is C23H21FIN4O3-. The van der Waals surface area contributed by atoms with Crippen LogP contribution in [0.4, 0.5) is 15.8 Å². The van der Waals surface area contributed by atoms with E-state index in [1.165, 1.54) is 13.2 Å². The quantitative estimate of drug-likeness (QED) is 0.339. The number of rotatable bonds is 3. The summed E-state index contributed by atoms with van der Waals surface area (Å²) in [7, 11) is 1.42. The van der Waals surface area contributed by atoms with Crippen LogP contribution in [0.15, 0.2) is 46.3 Å². The van der Waals surface area contributed by atoms with Crippen molar-refractivity contribution in [2.45, 2.75) is 10.8 Å². The normalized spacial score (nSPS) is 19.2. The van der Waals surface area contributed by atoms with Gasteiger partial charge < -0.3 is 0 Å². The van der Waals surface area contributed by atoms with E-state index >= 15 is 0 Å². The van der Waals surface area contributed by atoms with Gasteiger partial charge in [-0.3, -0.25) is 0 Å². The van der Waals surface area contributed by atoms with Crippen molar-refractivity contribution in [3.63, 3.8) is 0 Å². The van der Waals surface area contributed by atoms with Crippen LogP contribution in [0, 0.1) is 5.82 Å². The van der Waals surface area contributed by atoms with Crippen LogP contribution < -0.4 is 41.3 Å². The molecule has 2 aromatic heterocycles. The van der Waals surface area contributed by atoms with Crippen LogP contribution in [0.1, 0.15) is 26.9 Å². The van der Waals surface area contributed by atoms with Gasteiger partial charge in [-0.2, -0.15) is 0 Å². The zero-order chi connectivity index (χ0) is 22.2. The van der Waals surface area contributed by atoms with Crippen LogP contribution in [0.2, 0.25) is 0 Å². The third kappa shape index (κ3) is 3.60. The second-order valence-corrected chi connectivity index (χ2v) is 10.4. The van der Waals surface area contributed by atoms with E-state index in [1.54, 1.807) is 24.5 Å². The molecule has 1 aromatic carbocycles. The fourth-order valence-corrected chi connectivity index (χ4v) is 6.38. The summed E-state index contributed by atoms with van der Waals surface area (Å²) in [6.45, 7) is 3.10. The first kappa shape index (κ1) is 20.8. The Bertz CT molecular complexity index is 1240. The summed E-state index contributed by atoms with van der Waals surface area (Å²) in [6.07, 6.45) is 3.35. The predicted molar refractivity (Wildman–Crippen MR) is 115 cm³/mol. The molecule has 9 heteroatoms. The second kappa shape index (κ2) is 8.45. The third-order valence-corrected chi connectivity index (χ3v) is 8.71.